The number of carbonyl (C=O) groups is 1. The first-order valence-corrected chi connectivity index (χ1v) is 10.4. The molecule has 5 heteroatoms. The van der Waals surface area contributed by atoms with Crippen LogP contribution in [0.15, 0.2) is 42.7 Å². The predicted octanol–water partition coefficient (Wildman–Crippen LogP) is 3.62. The third-order valence-corrected chi connectivity index (χ3v) is 5.88. The summed E-state index contributed by atoms with van der Waals surface area (Å²) in [4.78, 5) is 21.2. The summed E-state index contributed by atoms with van der Waals surface area (Å²) in [6.45, 7) is 6.86. The summed E-state index contributed by atoms with van der Waals surface area (Å²) in [5.41, 5.74) is 3.66. The monoisotopic (exact) mass is 379 g/mol. The van der Waals surface area contributed by atoms with E-state index in [0.29, 0.717) is 25.6 Å². The fourth-order valence-electron chi connectivity index (χ4n) is 3.93. The Morgan fingerprint density at radius 2 is 1.96 bits per heavy atom. The summed E-state index contributed by atoms with van der Waals surface area (Å²) in [5, 5.41) is 0. The average molecular weight is 380 g/mol. The highest BCUT2D eigenvalue weighted by Gasteiger charge is 2.30. The highest BCUT2D eigenvalue weighted by atomic mass is 16.5. The van der Waals surface area contributed by atoms with Crippen molar-refractivity contribution in [3.63, 3.8) is 0 Å². The normalized spacial score (nSPS) is 16.9. The quantitative estimate of drug-likeness (QED) is 0.769. The van der Waals surface area contributed by atoms with Gasteiger partial charge in [-0.15, -0.1) is 0 Å². The van der Waals surface area contributed by atoms with Gasteiger partial charge in [0.05, 0.1) is 6.54 Å². The summed E-state index contributed by atoms with van der Waals surface area (Å²) >= 11 is 0. The van der Waals surface area contributed by atoms with Crippen molar-refractivity contribution >= 4 is 5.91 Å². The van der Waals surface area contributed by atoms with E-state index >= 15 is 0 Å². The third kappa shape index (κ3) is 4.36. The number of benzene rings is 1. The number of carbonyl (C=O) groups excluding carboxylic acids is 1. The molecule has 0 N–H and O–H groups in total. The molecule has 0 spiro atoms. The molecular weight excluding hydrogens is 350 g/mol. The number of nitrogens with zero attached hydrogens (tertiary/aromatic N) is 3. The summed E-state index contributed by atoms with van der Waals surface area (Å²) in [7, 11) is 0. The van der Waals surface area contributed by atoms with Crippen LogP contribution in [-0.2, 0) is 24.4 Å². The summed E-state index contributed by atoms with van der Waals surface area (Å²) < 4.78 is 5.93. The minimum absolute atomic E-state index is 0.237. The summed E-state index contributed by atoms with van der Waals surface area (Å²) in [5.74, 6) is 1.46. The first kappa shape index (κ1) is 18.9. The van der Waals surface area contributed by atoms with Crippen molar-refractivity contribution in [2.45, 2.75) is 45.8 Å². The fourth-order valence-corrected chi connectivity index (χ4v) is 3.93. The van der Waals surface area contributed by atoms with E-state index in [9.17, 15) is 4.79 Å². The number of pyridine rings is 1. The zero-order chi connectivity index (χ0) is 19.3. The van der Waals surface area contributed by atoms with Crippen LogP contribution in [0.2, 0.25) is 0 Å². The Kier molecular flexibility index (Phi) is 5.91. The largest absolute Gasteiger partial charge is 0.491 e. The lowest BCUT2D eigenvalue weighted by molar-refractivity contribution is -0.138. The van der Waals surface area contributed by atoms with Gasteiger partial charge < -0.3 is 9.64 Å². The van der Waals surface area contributed by atoms with Crippen molar-refractivity contribution in [2.24, 2.45) is 5.92 Å². The van der Waals surface area contributed by atoms with Gasteiger partial charge in [0.1, 0.15) is 12.4 Å². The SMILES string of the molecule is CCN(Cc1ccncc1)Cc1ccc2c(c1)CN(C(=O)C1CCC1)CCO2. The van der Waals surface area contributed by atoms with E-state index in [0.717, 1.165) is 43.8 Å². The summed E-state index contributed by atoms with van der Waals surface area (Å²) in [6, 6.07) is 10.6. The number of fused-ring (bicyclic) bond motifs is 1. The first-order chi connectivity index (χ1) is 13.7. The molecule has 28 heavy (non-hydrogen) atoms. The molecule has 4 rings (SSSR count). The molecule has 1 aliphatic carbocycles. The fraction of sp³-hybridized carbons (Fsp3) is 0.478. The van der Waals surface area contributed by atoms with Gasteiger partial charge in [-0.1, -0.05) is 19.4 Å². The lowest BCUT2D eigenvalue weighted by Gasteiger charge is -2.30. The number of aromatic nitrogens is 1. The van der Waals surface area contributed by atoms with Crippen LogP contribution in [0, 0.1) is 5.92 Å². The molecule has 0 unspecified atom stereocenters. The van der Waals surface area contributed by atoms with E-state index < -0.39 is 0 Å². The molecule has 0 saturated heterocycles. The molecule has 5 nitrogen and oxygen atoms in total. The molecule has 1 aliphatic heterocycles. The van der Waals surface area contributed by atoms with Crippen LogP contribution in [0.3, 0.4) is 0 Å². The van der Waals surface area contributed by atoms with Crippen molar-refractivity contribution in [3.8, 4) is 5.75 Å². The predicted molar refractivity (Wildman–Crippen MR) is 109 cm³/mol. The Bertz CT molecular complexity index is 805. The van der Waals surface area contributed by atoms with E-state index in [4.69, 9.17) is 4.74 Å². The zero-order valence-electron chi connectivity index (χ0n) is 16.6. The van der Waals surface area contributed by atoms with Gasteiger partial charge in [-0.25, -0.2) is 0 Å². The van der Waals surface area contributed by atoms with Crippen LogP contribution >= 0.6 is 0 Å². The zero-order valence-corrected chi connectivity index (χ0v) is 16.6. The molecule has 2 aromatic rings. The van der Waals surface area contributed by atoms with Crippen molar-refractivity contribution in [1.82, 2.24) is 14.8 Å². The number of hydrogen-bond acceptors (Lipinski definition) is 4. The second kappa shape index (κ2) is 8.74. The Morgan fingerprint density at radius 3 is 2.68 bits per heavy atom. The maximum absolute atomic E-state index is 12.7. The topological polar surface area (TPSA) is 45.7 Å². The van der Waals surface area contributed by atoms with Crippen molar-refractivity contribution in [1.29, 1.82) is 0 Å². The Balaban J connectivity index is 1.46. The Hall–Kier alpha value is -2.40. The van der Waals surface area contributed by atoms with Crippen molar-refractivity contribution in [3.05, 3.63) is 59.4 Å². The van der Waals surface area contributed by atoms with Gasteiger partial charge in [0.25, 0.3) is 0 Å². The molecule has 1 aromatic carbocycles. The molecule has 1 fully saturated rings. The lowest BCUT2D eigenvalue weighted by Crippen LogP contribution is -2.39. The van der Waals surface area contributed by atoms with Gasteiger partial charge in [-0.2, -0.15) is 0 Å². The average Bonchev–Trinajstić information content (AvgIpc) is 2.89. The second-order valence-corrected chi connectivity index (χ2v) is 7.84. The van der Waals surface area contributed by atoms with Gasteiger partial charge in [0.2, 0.25) is 5.91 Å². The van der Waals surface area contributed by atoms with Crippen LogP contribution in [-0.4, -0.2) is 40.4 Å². The van der Waals surface area contributed by atoms with E-state index in [2.05, 4.69) is 47.1 Å². The standard InChI is InChI=1S/C23H29N3O2/c1-2-25(15-18-8-10-24-11-9-18)16-19-6-7-22-21(14-19)17-26(12-13-28-22)23(27)20-4-3-5-20/h6-11,14,20H,2-5,12-13,15-17H2,1H3. The molecule has 0 radical (unpaired) electrons. The van der Waals surface area contributed by atoms with Gasteiger partial charge in [0.15, 0.2) is 0 Å². The Morgan fingerprint density at radius 1 is 1.18 bits per heavy atom. The maximum atomic E-state index is 12.7. The minimum Gasteiger partial charge on any atom is -0.491 e. The lowest BCUT2D eigenvalue weighted by atomic mass is 9.84. The third-order valence-electron chi connectivity index (χ3n) is 5.88. The molecular formula is C23H29N3O2. The van der Waals surface area contributed by atoms with Crippen LogP contribution in [0.25, 0.3) is 0 Å². The van der Waals surface area contributed by atoms with Gasteiger partial charge in [-0.3, -0.25) is 14.7 Å². The minimum atomic E-state index is 0.237. The van der Waals surface area contributed by atoms with Gasteiger partial charge in [0, 0.05) is 43.5 Å². The van der Waals surface area contributed by atoms with Gasteiger partial charge in [-0.05, 0) is 54.8 Å². The van der Waals surface area contributed by atoms with Gasteiger partial charge >= 0.3 is 0 Å². The smallest absolute Gasteiger partial charge is 0.226 e. The van der Waals surface area contributed by atoms with E-state index in [1.165, 1.54) is 17.5 Å². The van der Waals surface area contributed by atoms with Crippen LogP contribution in [0.1, 0.15) is 42.9 Å². The van der Waals surface area contributed by atoms with E-state index in [1.54, 1.807) is 0 Å². The van der Waals surface area contributed by atoms with E-state index in [-0.39, 0.29) is 5.92 Å². The van der Waals surface area contributed by atoms with Crippen LogP contribution in [0.5, 0.6) is 5.75 Å². The molecule has 148 valence electrons. The first-order valence-electron chi connectivity index (χ1n) is 10.4. The molecule has 2 aliphatic rings. The molecule has 1 saturated carbocycles. The number of hydrogen-bond donors (Lipinski definition) is 0. The molecule has 1 aromatic heterocycles. The highest BCUT2D eigenvalue weighted by Crippen LogP contribution is 2.31. The second-order valence-electron chi connectivity index (χ2n) is 7.84. The highest BCUT2D eigenvalue weighted by molar-refractivity contribution is 5.79. The maximum Gasteiger partial charge on any atom is 0.226 e. The number of rotatable bonds is 6. The van der Waals surface area contributed by atoms with Crippen molar-refractivity contribution < 1.29 is 9.53 Å². The van der Waals surface area contributed by atoms with E-state index in [1.807, 2.05) is 17.3 Å². The number of amides is 1. The number of ether oxygens (including phenoxy) is 1. The summed E-state index contributed by atoms with van der Waals surface area (Å²) in [6.07, 6.45) is 6.96. The molecule has 2 heterocycles. The molecule has 1 amide bonds. The molecule has 0 atom stereocenters. The van der Waals surface area contributed by atoms with Crippen LogP contribution in [0.4, 0.5) is 0 Å². The van der Waals surface area contributed by atoms with Crippen LogP contribution < -0.4 is 4.74 Å². The Labute approximate surface area is 167 Å². The van der Waals surface area contributed by atoms with Crippen molar-refractivity contribution in [2.75, 3.05) is 19.7 Å². The molecule has 0 bridgehead atoms.